The van der Waals surface area contributed by atoms with Gasteiger partial charge < -0.3 is 10.1 Å². The maximum atomic E-state index is 11.5. The number of fused-ring (bicyclic) bond motifs is 2. The Morgan fingerprint density at radius 2 is 1.82 bits per heavy atom. The minimum absolute atomic E-state index is 0.425. The Balaban J connectivity index is 2.01. The van der Waals surface area contributed by atoms with Crippen molar-refractivity contribution in [3.05, 3.63) is 72.6 Å². The van der Waals surface area contributed by atoms with E-state index in [1.165, 1.54) is 0 Å². The first kappa shape index (κ1) is 12.6. The molecule has 2 aromatic carbocycles. The van der Waals surface area contributed by atoms with Gasteiger partial charge in [0, 0.05) is 18.0 Å². The highest BCUT2D eigenvalue weighted by atomic mass is 16.1. The van der Waals surface area contributed by atoms with Crippen molar-refractivity contribution in [3.63, 3.8) is 0 Å². The third kappa shape index (κ3) is 1.85. The smallest absolute Gasteiger partial charge is 0.252 e. The van der Waals surface area contributed by atoms with Crippen molar-refractivity contribution in [3.8, 4) is 11.3 Å². The highest BCUT2D eigenvalue weighted by Crippen LogP contribution is 2.28. The van der Waals surface area contributed by atoms with Crippen molar-refractivity contribution in [1.29, 1.82) is 0 Å². The molecule has 0 radical (unpaired) electrons. The van der Waals surface area contributed by atoms with Crippen LogP contribution < -0.4 is 5.73 Å². The molecule has 0 atom stereocenters. The van der Waals surface area contributed by atoms with Crippen LogP contribution >= 0.6 is 0 Å². The second-order valence-corrected chi connectivity index (χ2v) is 5.17. The lowest BCUT2D eigenvalue weighted by atomic mass is 10.0. The second-order valence-electron chi connectivity index (χ2n) is 5.17. The SMILES string of the molecule is NC(=O)c1cccn2cc(-c3cccc4ccccc34)nc12. The van der Waals surface area contributed by atoms with Crippen LogP contribution in [0.1, 0.15) is 10.4 Å². The molecule has 0 bridgehead atoms. The van der Waals surface area contributed by atoms with E-state index in [0.717, 1.165) is 22.0 Å². The molecule has 2 aromatic heterocycles. The Bertz CT molecular complexity index is 1010. The molecule has 2 N–H and O–H groups in total. The van der Waals surface area contributed by atoms with Gasteiger partial charge in [-0.05, 0) is 22.9 Å². The quantitative estimate of drug-likeness (QED) is 0.615. The lowest BCUT2D eigenvalue weighted by Gasteiger charge is -2.03. The van der Waals surface area contributed by atoms with Crippen LogP contribution in [0.4, 0.5) is 0 Å². The zero-order valence-corrected chi connectivity index (χ0v) is 11.7. The summed E-state index contributed by atoms with van der Waals surface area (Å²) in [6.07, 6.45) is 3.78. The van der Waals surface area contributed by atoms with Crippen LogP contribution in [0.3, 0.4) is 0 Å². The molecule has 0 aliphatic heterocycles. The van der Waals surface area contributed by atoms with Crippen molar-refractivity contribution < 1.29 is 4.79 Å². The number of pyridine rings is 1. The molecule has 0 spiro atoms. The van der Waals surface area contributed by atoms with Gasteiger partial charge in [0.05, 0.1) is 11.3 Å². The van der Waals surface area contributed by atoms with Crippen LogP contribution in [0.25, 0.3) is 27.7 Å². The molecule has 1 amide bonds. The van der Waals surface area contributed by atoms with E-state index >= 15 is 0 Å². The molecule has 4 aromatic rings. The fourth-order valence-corrected chi connectivity index (χ4v) is 2.78. The van der Waals surface area contributed by atoms with Gasteiger partial charge in [0.25, 0.3) is 5.91 Å². The third-order valence-electron chi connectivity index (χ3n) is 3.81. The fraction of sp³-hybridized carbons (Fsp3) is 0. The maximum Gasteiger partial charge on any atom is 0.252 e. The monoisotopic (exact) mass is 287 g/mol. The molecule has 0 fully saturated rings. The summed E-state index contributed by atoms with van der Waals surface area (Å²) >= 11 is 0. The number of amides is 1. The average Bonchev–Trinajstić information content (AvgIpc) is 2.97. The standard InChI is InChI=1S/C18H13N3O/c19-17(22)15-9-4-10-21-11-16(20-18(15)21)14-8-3-6-12-5-1-2-7-13(12)14/h1-11H,(H2,19,22). The summed E-state index contributed by atoms with van der Waals surface area (Å²) in [6.45, 7) is 0. The largest absolute Gasteiger partial charge is 0.365 e. The van der Waals surface area contributed by atoms with Crippen molar-refractivity contribution in [2.24, 2.45) is 5.73 Å². The Kier molecular flexibility index (Phi) is 2.69. The Morgan fingerprint density at radius 1 is 1.00 bits per heavy atom. The highest BCUT2D eigenvalue weighted by Gasteiger charge is 2.12. The number of aromatic nitrogens is 2. The Morgan fingerprint density at radius 3 is 2.68 bits per heavy atom. The minimum Gasteiger partial charge on any atom is -0.365 e. The van der Waals surface area contributed by atoms with Crippen LogP contribution in [0.5, 0.6) is 0 Å². The Hall–Kier alpha value is -3.14. The zero-order chi connectivity index (χ0) is 15.1. The minimum atomic E-state index is -0.472. The van der Waals surface area contributed by atoms with Gasteiger partial charge in [-0.15, -0.1) is 0 Å². The predicted molar refractivity (Wildman–Crippen MR) is 86.7 cm³/mol. The van der Waals surface area contributed by atoms with Crippen molar-refractivity contribution in [1.82, 2.24) is 9.38 Å². The lowest BCUT2D eigenvalue weighted by molar-refractivity contribution is 0.100. The van der Waals surface area contributed by atoms with Gasteiger partial charge in [-0.3, -0.25) is 4.79 Å². The second kappa shape index (κ2) is 4.70. The van der Waals surface area contributed by atoms with E-state index in [4.69, 9.17) is 5.73 Å². The molecule has 4 heteroatoms. The fourth-order valence-electron chi connectivity index (χ4n) is 2.78. The molecule has 2 heterocycles. The normalized spacial score (nSPS) is 11.1. The van der Waals surface area contributed by atoms with E-state index in [9.17, 15) is 4.79 Å². The van der Waals surface area contributed by atoms with Crippen LogP contribution in [-0.4, -0.2) is 15.3 Å². The first-order chi connectivity index (χ1) is 10.7. The van der Waals surface area contributed by atoms with Crippen LogP contribution in [0, 0.1) is 0 Å². The molecule has 4 rings (SSSR count). The van der Waals surface area contributed by atoms with Gasteiger partial charge in [0.2, 0.25) is 0 Å². The van der Waals surface area contributed by atoms with Gasteiger partial charge in [-0.1, -0.05) is 42.5 Å². The molecule has 0 unspecified atom stereocenters. The number of imidazole rings is 1. The van der Waals surface area contributed by atoms with Crippen LogP contribution in [0.2, 0.25) is 0 Å². The van der Waals surface area contributed by atoms with Crippen molar-refractivity contribution >= 4 is 22.3 Å². The average molecular weight is 287 g/mol. The maximum absolute atomic E-state index is 11.5. The highest BCUT2D eigenvalue weighted by molar-refractivity contribution is 6.00. The van der Waals surface area contributed by atoms with Crippen LogP contribution in [-0.2, 0) is 0 Å². The molecule has 0 saturated heterocycles. The van der Waals surface area contributed by atoms with E-state index in [1.54, 1.807) is 12.1 Å². The number of carbonyl (C=O) groups excluding carboxylic acids is 1. The first-order valence-electron chi connectivity index (χ1n) is 7.00. The number of primary amides is 1. The number of hydrogen-bond acceptors (Lipinski definition) is 2. The summed E-state index contributed by atoms with van der Waals surface area (Å²) < 4.78 is 1.83. The van der Waals surface area contributed by atoms with Gasteiger partial charge >= 0.3 is 0 Å². The summed E-state index contributed by atoms with van der Waals surface area (Å²) in [5.41, 5.74) is 8.30. The summed E-state index contributed by atoms with van der Waals surface area (Å²) in [5, 5.41) is 2.29. The van der Waals surface area contributed by atoms with E-state index in [1.807, 2.05) is 41.1 Å². The molecular formula is C18H13N3O. The lowest BCUT2D eigenvalue weighted by Crippen LogP contribution is -2.12. The Labute approximate surface area is 126 Å². The van der Waals surface area contributed by atoms with Gasteiger partial charge in [-0.25, -0.2) is 4.98 Å². The summed E-state index contributed by atoms with van der Waals surface area (Å²) in [6, 6.07) is 17.8. The van der Waals surface area contributed by atoms with E-state index in [0.29, 0.717) is 11.2 Å². The summed E-state index contributed by atoms with van der Waals surface area (Å²) in [7, 11) is 0. The topological polar surface area (TPSA) is 60.4 Å². The number of nitrogens with two attached hydrogens (primary N) is 1. The van der Waals surface area contributed by atoms with E-state index in [-0.39, 0.29) is 0 Å². The van der Waals surface area contributed by atoms with Crippen LogP contribution in [0.15, 0.2) is 67.0 Å². The summed E-state index contributed by atoms with van der Waals surface area (Å²) in [5.74, 6) is -0.472. The molecule has 106 valence electrons. The zero-order valence-electron chi connectivity index (χ0n) is 11.7. The van der Waals surface area contributed by atoms with Crippen molar-refractivity contribution in [2.75, 3.05) is 0 Å². The molecular weight excluding hydrogens is 274 g/mol. The third-order valence-corrected chi connectivity index (χ3v) is 3.81. The van der Waals surface area contributed by atoms with E-state index in [2.05, 4.69) is 23.2 Å². The molecule has 0 aliphatic rings. The molecule has 4 nitrogen and oxygen atoms in total. The number of carbonyl (C=O) groups is 1. The van der Waals surface area contributed by atoms with Gasteiger partial charge in [0.15, 0.2) is 0 Å². The summed E-state index contributed by atoms with van der Waals surface area (Å²) in [4.78, 5) is 16.2. The van der Waals surface area contributed by atoms with Gasteiger partial charge in [0.1, 0.15) is 5.65 Å². The number of benzene rings is 2. The number of hydrogen-bond donors (Lipinski definition) is 1. The molecule has 0 saturated carbocycles. The molecule has 0 aliphatic carbocycles. The first-order valence-corrected chi connectivity index (χ1v) is 7.00. The van der Waals surface area contributed by atoms with E-state index < -0.39 is 5.91 Å². The van der Waals surface area contributed by atoms with Crippen molar-refractivity contribution in [2.45, 2.75) is 0 Å². The predicted octanol–water partition coefficient (Wildman–Crippen LogP) is 3.25. The number of rotatable bonds is 2. The number of nitrogens with zero attached hydrogens (tertiary/aromatic N) is 2. The molecule has 22 heavy (non-hydrogen) atoms. The van der Waals surface area contributed by atoms with Gasteiger partial charge in [-0.2, -0.15) is 0 Å².